The molecular formula is C20H32N2O2. The van der Waals surface area contributed by atoms with E-state index >= 15 is 0 Å². The molecule has 0 bridgehead atoms. The zero-order chi connectivity index (χ0) is 17.2. The van der Waals surface area contributed by atoms with Gasteiger partial charge in [-0.05, 0) is 12.0 Å². The molecule has 2 unspecified atom stereocenters. The van der Waals surface area contributed by atoms with Crippen LogP contribution in [0, 0.1) is 5.92 Å². The number of rotatable bonds is 9. The maximum atomic E-state index is 12.3. The van der Waals surface area contributed by atoms with Gasteiger partial charge in [-0.25, -0.2) is 0 Å². The summed E-state index contributed by atoms with van der Waals surface area (Å²) in [5.74, 6) is -0.0706. The summed E-state index contributed by atoms with van der Waals surface area (Å²) >= 11 is 0. The number of nitrogens with zero attached hydrogens (tertiary/aromatic N) is 1. The number of benzene rings is 1. The standard InChI is InChI=1S/C20H32N2O2/c1-3-4-5-7-10-17(2)20(23)24-19-16-22(14-13-21-19)15-18-11-8-6-9-12-18/h6,8-9,11-12,17,19,21H,3-5,7,10,13-16H2,1-2H3. The Hall–Kier alpha value is -1.39. The molecule has 1 N–H and O–H groups in total. The van der Waals surface area contributed by atoms with Gasteiger partial charge in [-0.1, -0.05) is 69.9 Å². The van der Waals surface area contributed by atoms with E-state index in [1.165, 1.54) is 24.8 Å². The molecule has 24 heavy (non-hydrogen) atoms. The van der Waals surface area contributed by atoms with Gasteiger partial charge in [-0.3, -0.25) is 15.0 Å². The Labute approximate surface area is 146 Å². The van der Waals surface area contributed by atoms with Gasteiger partial charge in [0.25, 0.3) is 0 Å². The molecule has 0 saturated carbocycles. The number of nitrogens with one attached hydrogen (secondary N) is 1. The van der Waals surface area contributed by atoms with E-state index in [9.17, 15) is 4.79 Å². The summed E-state index contributed by atoms with van der Waals surface area (Å²) in [4.78, 5) is 14.6. The van der Waals surface area contributed by atoms with E-state index in [0.29, 0.717) is 0 Å². The summed E-state index contributed by atoms with van der Waals surface area (Å²) in [6, 6.07) is 10.4. The summed E-state index contributed by atoms with van der Waals surface area (Å²) in [6.07, 6.45) is 5.54. The average molecular weight is 332 g/mol. The van der Waals surface area contributed by atoms with Gasteiger partial charge in [0.05, 0.1) is 5.92 Å². The molecule has 0 spiro atoms. The molecule has 1 aromatic carbocycles. The quantitative estimate of drug-likeness (QED) is 0.554. The van der Waals surface area contributed by atoms with Gasteiger partial charge >= 0.3 is 5.97 Å². The van der Waals surface area contributed by atoms with E-state index in [2.05, 4.69) is 41.4 Å². The van der Waals surface area contributed by atoms with Crippen LogP contribution >= 0.6 is 0 Å². The van der Waals surface area contributed by atoms with Crippen molar-refractivity contribution in [3.63, 3.8) is 0 Å². The predicted molar refractivity (Wildman–Crippen MR) is 97.5 cm³/mol. The largest absolute Gasteiger partial charge is 0.445 e. The van der Waals surface area contributed by atoms with Crippen LogP contribution in [0.15, 0.2) is 30.3 Å². The highest BCUT2D eigenvalue weighted by atomic mass is 16.6. The molecule has 2 rings (SSSR count). The fraction of sp³-hybridized carbons (Fsp3) is 0.650. The van der Waals surface area contributed by atoms with E-state index < -0.39 is 0 Å². The Morgan fingerprint density at radius 1 is 1.29 bits per heavy atom. The third-order valence-corrected chi connectivity index (χ3v) is 4.62. The molecule has 1 heterocycles. The fourth-order valence-electron chi connectivity index (χ4n) is 3.09. The minimum absolute atomic E-state index is 0.00634. The second kappa shape index (κ2) is 10.5. The lowest BCUT2D eigenvalue weighted by Gasteiger charge is -2.33. The number of carbonyl (C=O) groups is 1. The molecule has 1 aromatic rings. The SMILES string of the molecule is CCCCCCC(C)C(=O)OC1CN(Cc2ccccc2)CCN1. The van der Waals surface area contributed by atoms with Crippen molar-refractivity contribution in [1.82, 2.24) is 10.2 Å². The molecule has 0 aliphatic carbocycles. The molecule has 1 aliphatic heterocycles. The van der Waals surface area contributed by atoms with E-state index in [0.717, 1.165) is 39.0 Å². The van der Waals surface area contributed by atoms with Crippen molar-refractivity contribution in [2.24, 2.45) is 5.92 Å². The van der Waals surface area contributed by atoms with Gasteiger partial charge in [-0.2, -0.15) is 0 Å². The van der Waals surface area contributed by atoms with E-state index in [4.69, 9.17) is 4.74 Å². The van der Waals surface area contributed by atoms with Crippen LogP contribution in [0.25, 0.3) is 0 Å². The maximum absolute atomic E-state index is 12.3. The van der Waals surface area contributed by atoms with Crippen molar-refractivity contribution >= 4 is 5.97 Å². The molecule has 0 aromatic heterocycles. The van der Waals surface area contributed by atoms with Crippen LogP contribution in [0.4, 0.5) is 0 Å². The smallest absolute Gasteiger partial charge is 0.310 e. The number of esters is 1. The summed E-state index contributed by atoms with van der Waals surface area (Å²) in [6.45, 7) is 7.68. The number of unbranched alkanes of at least 4 members (excludes halogenated alkanes) is 3. The first-order valence-corrected chi connectivity index (χ1v) is 9.39. The molecule has 134 valence electrons. The number of piperazine rings is 1. The number of hydrogen-bond acceptors (Lipinski definition) is 4. The number of ether oxygens (including phenoxy) is 1. The van der Waals surface area contributed by atoms with Crippen molar-refractivity contribution in [3.05, 3.63) is 35.9 Å². The van der Waals surface area contributed by atoms with Gasteiger partial charge in [-0.15, -0.1) is 0 Å². The van der Waals surface area contributed by atoms with Crippen LogP contribution in [0.2, 0.25) is 0 Å². The van der Waals surface area contributed by atoms with E-state index in [1.807, 2.05) is 13.0 Å². The maximum Gasteiger partial charge on any atom is 0.310 e. The van der Waals surface area contributed by atoms with Gasteiger partial charge in [0.15, 0.2) is 6.23 Å². The molecule has 0 amide bonds. The normalized spacial score (nSPS) is 19.8. The highest BCUT2D eigenvalue weighted by Crippen LogP contribution is 2.14. The first-order valence-electron chi connectivity index (χ1n) is 9.39. The Balaban J connectivity index is 1.72. The van der Waals surface area contributed by atoms with Crippen LogP contribution in [0.5, 0.6) is 0 Å². The van der Waals surface area contributed by atoms with Crippen molar-refractivity contribution in [2.75, 3.05) is 19.6 Å². The van der Waals surface area contributed by atoms with Crippen molar-refractivity contribution < 1.29 is 9.53 Å². The number of hydrogen-bond donors (Lipinski definition) is 1. The van der Waals surface area contributed by atoms with Crippen molar-refractivity contribution in [3.8, 4) is 0 Å². The first-order chi connectivity index (χ1) is 11.7. The minimum Gasteiger partial charge on any atom is -0.445 e. The van der Waals surface area contributed by atoms with Crippen LogP contribution < -0.4 is 5.32 Å². The fourth-order valence-corrected chi connectivity index (χ4v) is 3.09. The highest BCUT2D eigenvalue weighted by Gasteiger charge is 2.24. The Kier molecular flexibility index (Phi) is 8.26. The van der Waals surface area contributed by atoms with Crippen LogP contribution in [-0.2, 0) is 16.1 Å². The van der Waals surface area contributed by atoms with Gasteiger partial charge in [0.2, 0.25) is 0 Å². The second-order valence-electron chi connectivity index (χ2n) is 6.85. The lowest BCUT2D eigenvalue weighted by atomic mass is 10.0. The molecule has 4 nitrogen and oxygen atoms in total. The summed E-state index contributed by atoms with van der Waals surface area (Å²) in [5.41, 5.74) is 1.30. The third kappa shape index (κ3) is 6.62. The van der Waals surface area contributed by atoms with Gasteiger partial charge in [0, 0.05) is 26.2 Å². The second-order valence-corrected chi connectivity index (χ2v) is 6.85. The average Bonchev–Trinajstić information content (AvgIpc) is 2.59. The lowest BCUT2D eigenvalue weighted by molar-refractivity contribution is -0.158. The third-order valence-electron chi connectivity index (χ3n) is 4.62. The summed E-state index contributed by atoms with van der Waals surface area (Å²) < 4.78 is 5.69. The molecular weight excluding hydrogens is 300 g/mol. The van der Waals surface area contributed by atoms with Gasteiger partial charge in [0.1, 0.15) is 0 Å². The molecule has 1 aliphatic rings. The molecule has 0 radical (unpaired) electrons. The molecule has 2 atom stereocenters. The first kappa shape index (κ1) is 18.9. The zero-order valence-electron chi connectivity index (χ0n) is 15.2. The Morgan fingerprint density at radius 3 is 2.83 bits per heavy atom. The molecule has 4 heteroatoms. The summed E-state index contributed by atoms with van der Waals surface area (Å²) in [5, 5.41) is 3.31. The van der Waals surface area contributed by atoms with Crippen LogP contribution in [0.3, 0.4) is 0 Å². The Bertz CT molecular complexity index is 478. The van der Waals surface area contributed by atoms with Gasteiger partial charge < -0.3 is 4.74 Å². The molecule has 1 saturated heterocycles. The van der Waals surface area contributed by atoms with Crippen LogP contribution in [-0.4, -0.2) is 36.7 Å². The zero-order valence-corrected chi connectivity index (χ0v) is 15.2. The minimum atomic E-state index is -0.187. The summed E-state index contributed by atoms with van der Waals surface area (Å²) in [7, 11) is 0. The topological polar surface area (TPSA) is 41.6 Å². The lowest BCUT2D eigenvalue weighted by Crippen LogP contribution is -2.52. The predicted octanol–water partition coefficient (Wildman–Crippen LogP) is 3.57. The molecule has 1 fully saturated rings. The Morgan fingerprint density at radius 2 is 2.08 bits per heavy atom. The van der Waals surface area contributed by atoms with E-state index in [-0.39, 0.29) is 18.1 Å². The van der Waals surface area contributed by atoms with Crippen LogP contribution in [0.1, 0.15) is 51.5 Å². The van der Waals surface area contributed by atoms with E-state index in [1.54, 1.807) is 0 Å². The monoisotopic (exact) mass is 332 g/mol. The van der Waals surface area contributed by atoms with Crippen molar-refractivity contribution in [2.45, 2.75) is 58.7 Å². The van der Waals surface area contributed by atoms with Crippen molar-refractivity contribution in [1.29, 1.82) is 0 Å². The number of carbonyl (C=O) groups excluding carboxylic acids is 1. The highest BCUT2D eigenvalue weighted by molar-refractivity contribution is 5.72.